The molecule has 0 saturated carbocycles. The zero-order chi connectivity index (χ0) is 20.8. The van der Waals surface area contributed by atoms with Crippen molar-refractivity contribution in [1.29, 1.82) is 0 Å². The van der Waals surface area contributed by atoms with Crippen LogP contribution in [-0.2, 0) is 16.0 Å². The lowest BCUT2D eigenvalue weighted by Crippen LogP contribution is -2.05. The second kappa shape index (κ2) is 9.14. The van der Waals surface area contributed by atoms with Crippen LogP contribution >= 0.6 is 0 Å². The highest BCUT2D eigenvalue weighted by molar-refractivity contribution is 6.07. The first-order valence-electron chi connectivity index (χ1n) is 9.03. The summed E-state index contributed by atoms with van der Waals surface area (Å²) >= 11 is 0. The summed E-state index contributed by atoms with van der Waals surface area (Å²) < 4.78 is 26.7. The Morgan fingerprint density at radius 1 is 0.862 bits per heavy atom. The van der Waals surface area contributed by atoms with Crippen LogP contribution in [0.4, 0.5) is 0 Å². The molecule has 0 saturated heterocycles. The largest absolute Gasteiger partial charge is 0.496 e. The van der Waals surface area contributed by atoms with Crippen LogP contribution in [0, 0.1) is 0 Å². The fourth-order valence-corrected chi connectivity index (χ4v) is 3.02. The van der Waals surface area contributed by atoms with E-state index < -0.39 is 5.97 Å². The molecule has 0 atom stereocenters. The number of cyclic esters (lactones) is 1. The Labute approximate surface area is 169 Å². The summed E-state index contributed by atoms with van der Waals surface area (Å²) in [5, 5.41) is 0. The summed E-state index contributed by atoms with van der Waals surface area (Å²) in [6, 6.07) is 11.1. The molecule has 2 aromatic rings. The number of rotatable bonds is 8. The maximum Gasteiger partial charge on any atom is 0.363 e. The van der Waals surface area contributed by atoms with Gasteiger partial charge in [0.25, 0.3) is 0 Å². The van der Waals surface area contributed by atoms with E-state index >= 15 is 0 Å². The van der Waals surface area contributed by atoms with Gasteiger partial charge in [-0.15, -0.1) is 0 Å². The maximum absolute atomic E-state index is 12.3. The average Bonchev–Trinajstić information content (AvgIpc) is 3.11. The molecule has 0 radical (unpaired) electrons. The third kappa shape index (κ3) is 4.51. The molecule has 2 aromatic carbocycles. The summed E-state index contributed by atoms with van der Waals surface area (Å²) in [6.45, 7) is 0. The Bertz CT molecular complexity index is 964. The lowest BCUT2D eigenvalue weighted by molar-refractivity contribution is -0.130. The molecule has 152 valence electrons. The minimum atomic E-state index is -0.503. The summed E-state index contributed by atoms with van der Waals surface area (Å²) in [6.07, 6.45) is 2.73. The van der Waals surface area contributed by atoms with Gasteiger partial charge in [-0.05, 0) is 30.2 Å². The van der Waals surface area contributed by atoms with E-state index in [1.54, 1.807) is 39.5 Å². The van der Waals surface area contributed by atoms with E-state index in [-0.39, 0.29) is 5.70 Å². The van der Waals surface area contributed by atoms with E-state index in [1.165, 1.54) is 7.11 Å². The zero-order valence-electron chi connectivity index (χ0n) is 16.9. The number of aryl methyl sites for hydroxylation is 1. The highest BCUT2D eigenvalue weighted by atomic mass is 16.6. The van der Waals surface area contributed by atoms with E-state index in [0.29, 0.717) is 41.6 Å². The van der Waals surface area contributed by atoms with Gasteiger partial charge in [-0.3, -0.25) is 0 Å². The van der Waals surface area contributed by atoms with Crippen molar-refractivity contribution in [3.63, 3.8) is 0 Å². The number of methoxy groups -OCH3 is 4. The Hall–Kier alpha value is -3.48. The summed E-state index contributed by atoms with van der Waals surface area (Å²) in [5.41, 5.74) is 1.85. The smallest absolute Gasteiger partial charge is 0.363 e. The quantitative estimate of drug-likeness (QED) is 0.500. The van der Waals surface area contributed by atoms with Crippen molar-refractivity contribution in [3.8, 4) is 23.0 Å². The van der Waals surface area contributed by atoms with Gasteiger partial charge in [0, 0.05) is 18.1 Å². The van der Waals surface area contributed by atoms with Crippen LogP contribution in [0.1, 0.15) is 17.5 Å². The van der Waals surface area contributed by atoms with Crippen molar-refractivity contribution >= 4 is 17.9 Å². The van der Waals surface area contributed by atoms with Crippen LogP contribution in [0.5, 0.6) is 23.0 Å². The third-order valence-corrected chi connectivity index (χ3v) is 4.49. The van der Waals surface area contributed by atoms with Crippen LogP contribution in [0.2, 0.25) is 0 Å². The minimum Gasteiger partial charge on any atom is -0.496 e. The molecule has 0 unspecified atom stereocenters. The van der Waals surface area contributed by atoms with Gasteiger partial charge in [0.15, 0.2) is 23.1 Å². The highest BCUT2D eigenvalue weighted by Gasteiger charge is 2.24. The monoisotopic (exact) mass is 397 g/mol. The van der Waals surface area contributed by atoms with E-state index in [0.717, 1.165) is 11.3 Å². The Kier molecular flexibility index (Phi) is 6.39. The normalized spacial score (nSPS) is 14.4. The molecule has 1 aliphatic heterocycles. The van der Waals surface area contributed by atoms with Crippen molar-refractivity contribution < 1.29 is 28.5 Å². The fraction of sp³-hybridized carbons (Fsp3) is 0.273. The van der Waals surface area contributed by atoms with Crippen molar-refractivity contribution in [1.82, 2.24) is 0 Å². The van der Waals surface area contributed by atoms with Crippen molar-refractivity contribution in [2.75, 3.05) is 28.4 Å². The third-order valence-electron chi connectivity index (χ3n) is 4.49. The highest BCUT2D eigenvalue weighted by Crippen LogP contribution is 2.36. The molecular weight excluding hydrogens is 374 g/mol. The first-order valence-corrected chi connectivity index (χ1v) is 9.03. The number of esters is 1. The lowest BCUT2D eigenvalue weighted by Gasteiger charge is -2.12. The molecule has 0 bridgehead atoms. The number of ether oxygens (including phenoxy) is 5. The molecular formula is C22H23NO6. The molecule has 1 aliphatic rings. The van der Waals surface area contributed by atoms with Crippen molar-refractivity contribution in [2.45, 2.75) is 12.8 Å². The molecule has 0 aromatic heterocycles. The maximum atomic E-state index is 12.3. The molecule has 0 aliphatic carbocycles. The molecule has 7 nitrogen and oxygen atoms in total. The number of aliphatic imine (C=N–C) groups is 1. The van der Waals surface area contributed by atoms with E-state index in [4.69, 9.17) is 23.7 Å². The molecule has 7 heteroatoms. The number of hydrogen-bond donors (Lipinski definition) is 0. The Morgan fingerprint density at radius 3 is 2.21 bits per heavy atom. The van der Waals surface area contributed by atoms with Gasteiger partial charge in [-0.1, -0.05) is 18.2 Å². The number of carbonyl (C=O) groups excluding carboxylic acids is 1. The van der Waals surface area contributed by atoms with Gasteiger partial charge in [0.05, 0.1) is 28.4 Å². The van der Waals surface area contributed by atoms with Crippen LogP contribution in [-0.4, -0.2) is 40.3 Å². The second-order valence-corrected chi connectivity index (χ2v) is 6.19. The molecule has 0 amide bonds. The van der Waals surface area contributed by atoms with Crippen molar-refractivity contribution in [3.05, 3.63) is 53.2 Å². The minimum absolute atomic E-state index is 0.200. The Morgan fingerprint density at radius 2 is 1.52 bits per heavy atom. The molecule has 3 rings (SSSR count). The first-order chi connectivity index (χ1) is 14.1. The van der Waals surface area contributed by atoms with Crippen LogP contribution in [0.15, 0.2) is 47.1 Å². The summed E-state index contributed by atoms with van der Waals surface area (Å²) in [5.74, 6) is 2.24. The number of para-hydroxylation sites is 1. The van der Waals surface area contributed by atoms with E-state index in [9.17, 15) is 4.79 Å². The van der Waals surface area contributed by atoms with Crippen LogP contribution < -0.4 is 18.9 Å². The predicted molar refractivity (Wildman–Crippen MR) is 109 cm³/mol. The topological polar surface area (TPSA) is 75.6 Å². The molecule has 29 heavy (non-hydrogen) atoms. The second-order valence-electron chi connectivity index (χ2n) is 6.19. The Balaban J connectivity index is 1.83. The molecule has 0 N–H and O–H groups in total. The molecule has 0 spiro atoms. The number of benzene rings is 2. The number of carbonyl (C=O) groups is 1. The van der Waals surface area contributed by atoms with Gasteiger partial charge in [-0.25, -0.2) is 9.79 Å². The van der Waals surface area contributed by atoms with Gasteiger partial charge in [0.2, 0.25) is 0 Å². The summed E-state index contributed by atoms with van der Waals surface area (Å²) in [7, 11) is 6.25. The molecule has 0 fully saturated rings. The standard InChI is InChI=1S/C22H23NO6/c1-25-17-8-6-5-7-14(17)9-10-21-23-16(22(24)29-21)11-15-12-19(27-3)20(28-4)13-18(15)26-2/h5-8,11-13H,9-10H2,1-4H3/b16-11-. The molecule has 1 heterocycles. The number of hydrogen-bond acceptors (Lipinski definition) is 7. The van der Waals surface area contributed by atoms with Gasteiger partial charge in [0.1, 0.15) is 11.5 Å². The average molecular weight is 397 g/mol. The van der Waals surface area contributed by atoms with E-state index in [2.05, 4.69) is 4.99 Å². The zero-order valence-corrected chi connectivity index (χ0v) is 16.9. The van der Waals surface area contributed by atoms with Gasteiger partial charge in [-0.2, -0.15) is 0 Å². The lowest BCUT2D eigenvalue weighted by atomic mass is 10.1. The predicted octanol–water partition coefficient (Wildman–Crippen LogP) is 3.65. The first kappa shape index (κ1) is 20.3. The van der Waals surface area contributed by atoms with Gasteiger partial charge < -0.3 is 23.7 Å². The number of nitrogens with zero attached hydrogens (tertiary/aromatic N) is 1. The van der Waals surface area contributed by atoms with Gasteiger partial charge >= 0.3 is 5.97 Å². The summed E-state index contributed by atoms with van der Waals surface area (Å²) in [4.78, 5) is 16.6. The SMILES string of the molecule is COc1cc(OC)c(OC)cc1/C=C1\N=C(CCc2ccccc2OC)OC1=O. The van der Waals surface area contributed by atoms with Crippen LogP contribution in [0.3, 0.4) is 0 Å². The van der Waals surface area contributed by atoms with E-state index in [1.807, 2.05) is 24.3 Å². The van der Waals surface area contributed by atoms with Crippen LogP contribution in [0.25, 0.3) is 6.08 Å². The fourth-order valence-electron chi connectivity index (χ4n) is 3.02. The van der Waals surface area contributed by atoms with Crippen molar-refractivity contribution in [2.24, 2.45) is 4.99 Å².